The van der Waals surface area contributed by atoms with Gasteiger partial charge < -0.3 is 19.6 Å². The summed E-state index contributed by atoms with van der Waals surface area (Å²) in [4.78, 5) is 37.4. The van der Waals surface area contributed by atoms with Crippen LogP contribution in [-0.4, -0.2) is 62.7 Å². The van der Waals surface area contributed by atoms with E-state index >= 15 is 0 Å². The molecule has 154 valence electrons. The molecule has 10 heteroatoms. The summed E-state index contributed by atoms with van der Waals surface area (Å²) >= 11 is 0. The topological polar surface area (TPSA) is 146 Å². The van der Waals surface area contributed by atoms with Gasteiger partial charge in [-0.3, -0.25) is 10.1 Å². The summed E-state index contributed by atoms with van der Waals surface area (Å²) in [5, 5.41) is 21.6. The Hall–Kier alpha value is -2.49. The van der Waals surface area contributed by atoms with Crippen molar-refractivity contribution < 1.29 is 29.1 Å². The lowest BCUT2D eigenvalue weighted by Gasteiger charge is -2.43. The second kappa shape index (κ2) is 9.13. The lowest BCUT2D eigenvalue weighted by molar-refractivity contribution is -0.159. The SMILES string of the molecule is O=C(Nc1noc(C2CN3CCC2CC3)n1)C1CCCCC1.O=C(O)C(=O)O. The number of fused-ring (bicyclic) bond motifs is 3. The van der Waals surface area contributed by atoms with Crippen molar-refractivity contribution in [2.45, 2.75) is 50.9 Å². The molecule has 28 heavy (non-hydrogen) atoms. The predicted octanol–water partition coefficient (Wildman–Crippen LogP) is 1.55. The van der Waals surface area contributed by atoms with Gasteiger partial charge in [0, 0.05) is 12.5 Å². The molecule has 3 N–H and O–H groups in total. The highest BCUT2D eigenvalue weighted by atomic mass is 16.5. The monoisotopic (exact) mass is 394 g/mol. The molecule has 0 spiro atoms. The molecular weight excluding hydrogens is 368 g/mol. The smallest absolute Gasteiger partial charge is 0.414 e. The number of hydrogen-bond acceptors (Lipinski definition) is 7. The van der Waals surface area contributed by atoms with E-state index in [9.17, 15) is 4.79 Å². The van der Waals surface area contributed by atoms with Crippen molar-refractivity contribution >= 4 is 23.8 Å². The minimum atomic E-state index is -1.82. The van der Waals surface area contributed by atoms with Crippen LogP contribution in [0, 0.1) is 11.8 Å². The minimum absolute atomic E-state index is 0.0564. The maximum Gasteiger partial charge on any atom is 0.414 e. The van der Waals surface area contributed by atoms with E-state index in [0.29, 0.717) is 23.7 Å². The lowest BCUT2D eigenvalue weighted by Crippen LogP contribution is -2.46. The Labute approximate surface area is 162 Å². The van der Waals surface area contributed by atoms with Crippen molar-refractivity contribution in [3.8, 4) is 0 Å². The van der Waals surface area contributed by atoms with Crippen LogP contribution in [0.3, 0.4) is 0 Å². The number of anilines is 1. The van der Waals surface area contributed by atoms with Crippen molar-refractivity contribution in [2.24, 2.45) is 11.8 Å². The molecule has 4 fully saturated rings. The molecule has 3 aliphatic heterocycles. The number of carboxylic acid groups (broad SMARTS) is 2. The Bertz CT molecular complexity index is 695. The number of hydrogen-bond donors (Lipinski definition) is 3. The van der Waals surface area contributed by atoms with E-state index in [1.54, 1.807) is 0 Å². The molecule has 1 unspecified atom stereocenters. The van der Waals surface area contributed by atoms with Crippen LogP contribution in [0.15, 0.2) is 4.52 Å². The Kier molecular flexibility index (Phi) is 6.61. The highest BCUT2D eigenvalue weighted by Crippen LogP contribution is 2.38. The minimum Gasteiger partial charge on any atom is -0.473 e. The van der Waals surface area contributed by atoms with E-state index in [1.807, 2.05) is 0 Å². The van der Waals surface area contributed by atoms with Gasteiger partial charge in [0.05, 0.1) is 5.92 Å². The molecule has 3 saturated heterocycles. The van der Waals surface area contributed by atoms with E-state index in [1.165, 1.54) is 32.4 Å². The molecule has 1 aromatic rings. The zero-order valence-electron chi connectivity index (χ0n) is 15.7. The molecule has 4 aliphatic rings. The summed E-state index contributed by atoms with van der Waals surface area (Å²) in [6, 6.07) is 0. The molecule has 5 rings (SSSR count). The fourth-order valence-corrected chi connectivity index (χ4v) is 4.26. The quantitative estimate of drug-likeness (QED) is 0.650. The van der Waals surface area contributed by atoms with Crippen LogP contribution in [0.5, 0.6) is 0 Å². The van der Waals surface area contributed by atoms with Gasteiger partial charge in [0.2, 0.25) is 11.8 Å². The Morgan fingerprint density at radius 2 is 1.64 bits per heavy atom. The molecular formula is C18H26N4O6. The van der Waals surface area contributed by atoms with Gasteiger partial charge >= 0.3 is 11.9 Å². The number of piperidine rings is 3. The van der Waals surface area contributed by atoms with Gasteiger partial charge in [-0.2, -0.15) is 4.98 Å². The van der Waals surface area contributed by atoms with Crippen LogP contribution in [0.25, 0.3) is 0 Å². The van der Waals surface area contributed by atoms with Crippen LogP contribution < -0.4 is 5.32 Å². The Balaban J connectivity index is 0.000000330. The average Bonchev–Trinajstić information content (AvgIpc) is 3.18. The molecule has 1 aromatic heterocycles. The molecule has 1 aliphatic carbocycles. The highest BCUT2D eigenvalue weighted by Gasteiger charge is 2.38. The summed E-state index contributed by atoms with van der Waals surface area (Å²) in [7, 11) is 0. The number of carbonyl (C=O) groups excluding carboxylic acids is 1. The summed E-state index contributed by atoms with van der Waals surface area (Å²) in [6.07, 6.45) is 7.94. The lowest BCUT2D eigenvalue weighted by atomic mass is 9.79. The number of aliphatic carboxylic acids is 2. The van der Waals surface area contributed by atoms with Gasteiger partial charge in [0.1, 0.15) is 0 Å². The van der Waals surface area contributed by atoms with Gasteiger partial charge in [-0.05, 0) is 49.8 Å². The van der Waals surface area contributed by atoms with E-state index in [2.05, 4.69) is 20.4 Å². The van der Waals surface area contributed by atoms with Crippen LogP contribution in [0.1, 0.15) is 56.8 Å². The number of nitrogens with zero attached hydrogens (tertiary/aromatic N) is 3. The number of nitrogens with one attached hydrogen (secondary N) is 1. The number of aromatic nitrogens is 2. The van der Waals surface area contributed by atoms with Crippen LogP contribution in [-0.2, 0) is 14.4 Å². The maximum absolute atomic E-state index is 12.2. The summed E-state index contributed by atoms with van der Waals surface area (Å²) < 4.78 is 5.44. The highest BCUT2D eigenvalue weighted by molar-refractivity contribution is 6.27. The molecule has 1 saturated carbocycles. The summed E-state index contributed by atoms with van der Waals surface area (Å²) in [6.45, 7) is 3.41. The van der Waals surface area contributed by atoms with Crippen molar-refractivity contribution in [1.29, 1.82) is 0 Å². The zero-order chi connectivity index (χ0) is 20.1. The third-order valence-corrected chi connectivity index (χ3v) is 5.81. The summed E-state index contributed by atoms with van der Waals surface area (Å²) in [5.74, 6) is -1.42. The van der Waals surface area contributed by atoms with Crippen molar-refractivity contribution in [2.75, 3.05) is 25.0 Å². The van der Waals surface area contributed by atoms with Crippen molar-refractivity contribution in [3.05, 3.63) is 5.89 Å². The molecule has 1 amide bonds. The average molecular weight is 394 g/mol. The van der Waals surface area contributed by atoms with Crippen LogP contribution in [0.4, 0.5) is 5.95 Å². The van der Waals surface area contributed by atoms with Gasteiger partial charge in [-0.25, -0.2) is 9.59 Å². The zero-order valence-corrected chi connectivity index (χ0v) is 15.7. The number of rotatable bonds is 3. The first kappa shape index (κ1) is 20.2. The third kappa shape index (κ3) is 5.06. The van der Waals surface area contributed by atoms with Gasteiger partial charge in [-0.1, -0.05) is 19.3 Å². The molecule has 2 bridgehead atoms. The molecule has 4 heterocycles. The van der Waals surface area contributed by atoms with E-state index in [4.69, 9.17) is 24.3 Å². The standard InChI is InChI=1S/C16H24N4O2.C2H2O4/c21-14(12-4-2-1-3-5-12)17-16-18-15(22-19-16)13-10-20-8-6-11(13)7-9-20;3-1(4)2(5)6/h11-13H,1-10H2,(H,17,19,21);(H,3,4)(H,5,6). The second-order valence-electron chi connectivity index (χ2n) is 7.64. The molecule has 10 nitrogen and oxygen atoms in total. The Morgan fingerprint density at radius 1 is 1.00 bits per heavy atom. The van der Waals surface area contributed by atoms with Gasteiger partial charge in [0.25, 0.3) is 5.95 Å². The van der Waals surface area contributed by atoms with Gasteiger partial charge in [-0.15, -0.1) is 0 Å². The van der Waals surface area contributed by atoms with Crippen LogP contribution in [0.2, 0.25) is 0 Å². The predicted molar refractivity (Wildman–Crippen MR) is 96.7 cm³/mol. The number of carboxylic acids is 2. The van der Waals surface area contributed by atoms with Crippen molar-refractivity contribution in [1.82, 2.24) is 15.0 Å². The van der Waals surface area contributed by atoms with Gasteiger partial charge in [0.15, 0.2) is 0 Å². The molecule has 0 aromatic carbocycles. The molecule has 1 atom stereocenters. The fourth-order valence-electron chi connectivity index (χ4n) is 4.26. The maximum atomic E-state index is 12.2. The third-order valence-electron chi connectivity index (χ3n) is 5.81. The Morgan fingerprint density at radius 3 is 2.18 bits per heavy atom. The first-order valence-corrected chi connectivity index (χ1v) is 9.77. The second-order valence-corrected chi connectivity index (χ2v) is 7.64. The first-order valence-electron chi connectivity index (χ1n) is 9.77. The number of carbonyl (C=O) groups is 3. The van der Waals surface area contributed by atoms with E-state index in [-0.39, 0.29) is 11.8 Å². The van der Waals surface area contributed by atoms with E-state index < -0.39 is 11.9 Å². The van der Waals surface area contributed by atoms with Crippen molar-refractivity contribution in [3.63, 3.8) is 0 Å². The van der Waals surface area contributed by atoms with Crippen LogP contribution >= 0.6 is 0 Å². The van der Waals surface area contributed by atoms with E-state index in [0.717, 1.165) is 32.2 Å². The number of amides is 1. The largest absolute Gasteiger partial charge is 0.473 e. The normalized spacial score (nSPS) is 26.8. The summed E-state index contributed by atoms with van der Waals surface area (Å²) in [5.41, 5.74) is 0. The first-order chi connectivity index (χ1) is 13.4. The molecule has 0 radical (unpaired) electrons. The fraction of sp³-hybridized carbons (Fsp3) is 0.722.